The summed E-state index contributed by atoms with van der Waals surface area (Å²) in [6, 6.07) is 4.94. The number of ether oxygens (including phenoxy) is 4. The second-order valence-electron chi connectivity index (χ2n) is 14.9. The van der Waals surface area contributed by atoms with Crippen LogP contribution in [0.2, 0.25) is 0 Å². The van der Waals surface area contributed by atoms with E-state index in [-0.39, 0.29) is 53.8 Å². The number of rotatable bonds is 10. The zero-order chi connectivity index (χ0) is 36.0. The predicted molar refractivity (Wildman–Crippen MR) is 185 cm³/mol. The summed E-state index contributed by atoms with van der Waals surface area (Å²) < 4.78 is 23.6. The molecule has 3 aliphatic heterocycles. The minimum Gasteiger partial charge on any atom is -0.462 e. The van der Waals surface area contributed by atoms with E-state index in [1.54, 1.807) is 19.2 Å². The first-order valence-corrected chi connectivity index (χ1v) is 17.9. The minimum atomic E-state index is -0.729. The lowest BCUT2D eigenvalue weighted by atomic mass is 9.43. The highest BCUT2D eigenvalue weighted by Crippen LogP contribution is 2.67. The van der Waals surface area contributed by atoms with Crippen LogP contribution >= 0.6 is 0 Å². The maximum Gasteiger partial charge on any atom is 0.342 e. The van der Waals surface area contributed by atoms with Crippen molar-refractivity contribution in [2.75, 3.05) is 57.2 Å². The zero-order valence-electron chi connectivity index (χ0n) is 29.4. The van der Waals surface area contributed by atoms with Crippen LogP contribution in [0.4, 0.5) is 11.8 Å². The Morgan fingerprint density at radius 2 is 1.94 bits per heavy atom. The van der Waals surface area contributed by atoms with Crippen molar-refractivity contribution in [2.45, 2.75) is 70.2 Å². The number of aromatic nitrogens is 3. The van der Waals surface area contributed by atoms with Gasteiger partial charge in [0, 0.05) is 48.7 Å². The van der Waals surface area contributed by atoms with Crippen LogP contribution in [-0.2, 0) is 28.5 Å². The van der Waals surface area contributed by atoms with Gasteiger partial charge >= 0.3 is 11.9 Å². The fourth-order valence-corrected chi connectivity index (χ4v) is 9.53. The van der Waals surface area contributed by atoms with Crippen LogP contribution in [0.1, 0.15) is 52.0 Å². The van der Waals surface area contributed by atoms with Gasteiger partial charge in [0.2, 0.25) is 5.95 Å². The number of fused-ring (bicyclic) bond motifs is 1. The number of anilines is 2. The van der Waals surface area contributed by atoms with E-state index in [0.29, 0.717) is 49.6 Å². The molecule has 0 radical (unpaired) electrons. The van der Waals surface area contributed by atoms with Crippen molar-refractivity contribution in [1.82, 2.24) is 19.9 Å². The summed E-state index contributed by atoms with van der Waals surface area (Å²) in [4.78, 5) is 42.3. The molecule has 1 spiro atoms. The van der Waals surface area contributed by atoms with Gasteiger partial charge in [-0.3, -0.25) is 4.90 Å². The SMILES string of the molecule is CCOC(=O)/C(=C1/C=C(C(CC2C3(CO3)C(N3CCOCC3)CC3[C@]2(C)CC[C@@H](O)[C@@]3(C)CO)Nc2ccccn2)C(=O)O1)c1cnc(N)nc1. The molecule has 2 aliphatic carbocycles. The molecule has 2 saturated carbocycles. The molecule has 2 saturated heterocycles. The highest BCUT2D eigenvalue weighted by molar-refractivity contribution is 6.18. The summed E-state index contributed by atoms with van der Waals surface area (Å²) in [6.07, 6.45) is 7.90. The Morgan fingerprint density at radius 1 is 1.20 bits per heavy atom. The van der Waals surface area contributed by atoms with Crippen molar-refractivity contribution < 1.29 is 38.7 Å². The number of cyclic esters (lactones) is 1. The standard InChI is InChI=1S/C37H48N6O8/c1-4-49-33(47)31(22-18-40-34(38)41-19-22)25-15-23(32(46)51-25)24(42-30-7-5-6-10-39-30)16-27-35(2)9-8-29(45)36(3,20-44)26(35)17-28(37(27)21-50-37)43-11-13-48-14-12-43/h5-7,10,15,18-19,24,26-29,44-45H,4,8-9,11-14,16-17,20-21H2,1-3H3,(H,39,42)(H2,38,40,41)/b31-25-/t24?,26?,27?,28?,29-,35+,36+,37?/m1/s1. The van der Waals surface area contributed by atoms with Crippen molar-refractivity contribution >= 4 is 29.3 Å². The number of nitrogens with one attached hydrogen (secondary N) is 1. The normalized spacial score (nSPS) is 35.0. The highest BCUT2D eigenvalue weighted by Gasteiger charge is 2.71. The number of aliphatic hydroxyl groups excluding tert-OH is 2. The highest BCUT2D eigenvalue weighted by atomic mass is 16.6. The lowest BCUT2D eigenvalue weighted by Crippen LogP contribution is -2.68. The summed E-state index contributed by atoms with van der Waals surface area (Å²) in [5.41, 5.74) is 4.75. The Kier molecular flexibility index (Phi) is 9.65. The van der Waals surface area contributed by atoms with Gasteiger partial charge in [-0.1, -0.05) is 19.9 Å². The van der Waals surface area contributed by atoms with Crippen molar-refractivity contribution in [3.05, 3.63) is 59.8 Å². The Bertz CT molecular complexity index is 1680. The number of carbonyl (C=O) groups is 2. The van der Waals surface area contributed by atoms with Crippen LogP contribution in [0.5, 0.6) is 0 Å². The number of hydrogen-bond donors (Lipinski definition) is 4. The number of morpholine rings is 1. The van der Waals surface area contributed by atoms with Crippen molar-refractivity contribution in [1.29, 1.82) is 0 Å². The third-order valence-corrected chi connectivity index (χ3v) is 12.3. The van der Waals surface area contributed by atoms with E-state index in [1.165, 1.54) is 12.4 Å². The predicted octanol–water partition coefficient (Wildman–Crippen LogP) is 2.35. The van der Waals surface area contributed by atoms with Gasteiger partial charge in [0.05, 0.1) is 50.8 Å². The molecule has 4 fully saturated rings. The average Bonchev–Trinajstić information content (AvgIpc) is 3.83. The smallest absolute Gasteiger partial charge is 0.342 e. The van der Waals surface area contributed by atoms with Gasteiger partial charge in [0.1, 0.15) is 22.8 Å². The average molecular weight is 705 g/mol. The second kappa shape index (κ2) is 13.9. The van der Waals surface area contributed by atoms with E-state index in [9.17, 15) is 19.8 Å². The van der Waals surface area contributed by atoms with E-state index in [4.69, 9.17) is 24.7 Å². The maximum absolute atomic E-state index is 14.0. The fourth-order valence-electron chi connectivity index (χ4n) is 9.53. The third kappa shape index (κ3) is 6.30. The van der Waals surface area contributed by atoms with Crippen LogP contribution in [0.15, 0.2) is 54.2 Å². The van der Waals surface area contributed by atoms with Crippen LogP contribution in [0.25, 0.3) is 5.57 Å². The number of epoxide rings is 1. The third-order valence-electron chi connectivity index (χ3n) is 12.3. The van der Waals surface area contributed by atoms with E-state index < -0.39 is 35.1 Å². The van der Waals surface area contributed by atoms with E-state index in [1.807, 2.05) is 25.1 Å². The Labute approximate surface area is 297 Å². The molecule has 2 aromatic heterocycles. The maximum atomic E-state index is 14.0. The molecule has 8 atom stereocenters. The summed E-state index contributed by atoms with van der Waals surface area (Å²) in [5, 5.41) is 25.8. The van der Waals surface area contributed by atoms with Crippen LogP contribution in [0.3, 0.4) is 0 Å². The van der Waals surface area contributed by atoms with Crippen molar-refractivity contribution in [3.8, 4) is 0 Å². The molecule has 14 nitrogen and oxygen atoms in total. The molecule has 5 aliphatic rings. The first-order chi connectivity index (χ1) is 24.5. The van der Waals surface area contributed by atoms with Crippen molar-refractivity contribution in [2.24, 2.45) is 22.7 Å². The molecule has 5 heterocycles. The summed E-state index contributed by atoms with van der Waals surface area (Å²) >= 11 is 0. The van der Waals surface area contributed by atoms with Gasteiger partial charge < -0.3 is 40.2 Å². The molecule has 0 aromatic carbocycles. The number of hydrogen-bond acceptors (Lipinski definition) is 14. The van der Waals surface area contributed by atoms with Crippen molar-refractivity contribution in [3.63, 3.8) is 0 Å². The summed E-state index contributed by atoms with van der Waals surface area (Å²) in [6.45, 7) is 9.27. The van der Waals surface area contributed by atoms with Crippen LogP contribution in [-0.4, -0.2) is 112 Å². The Balaban J connectivity index is 1.34. The topological polar surface area (TPSA) is 195 Å². The number of pyridine rings is 1. The monoisotopic (exact) mass is 704 g/mol. The number of carbonyl (C=O) groups excluding carboxylic acids is 2. The van der Waals surface area contributed by atoms with Gasteiger partial charge in [0.25, 0.3) is 0 Å². The number of nitrogen functional groups attached to an aromatic ring is 1. The molecule has 5 N–H and O–H groups in total. The lowest BCUT2D eigenvalue weighted by Gasteiger charge is -2.64. The quantitative estimate of drug-likeness (QED) is 0.160. The molecule has 0 bridgehead atoms. The number of allylic oxidation sites excluding steroid dienone is 1. The summed E-state index contributed by atoms with van der Waals surface area (Å²) in [5.74, 6) is -0.812. The molecule has 5 unspecified atom stereocenters. The molecular formula is C37H48N6O8. The number of esters is 2. The summed E-state index contributed by atoms with van der Waals surface area (Å²) in [7, 11) is 0. The van der Waals surface area contributed by atoms with Gasteiger partial charge in [-0.15, -0.1) is 0 Å². The zero-order valence-corrected chi connectivity index (χ0v) is 29.4. The lowest BCUT2D eigenvalue weighted by molar-refractivity contribution is -0.197. The van der Waals surface area contributed by atoms with Gasteiger partial charge in [-0.05, 0) is 68.1 Å². The minimum absolute atomic E-state index is 0.0100. The molecule has 2 aromatic rings. The first-order valence-electron chi connectivity index (χ1n) is 17.9. The first kappa shape index (κ1) is 35.5. The second-order valence-corrected chi connectivity index (χ2v) is 14.9. The Morgan fingerprint density at radius 3 is 2.59 bits per heavy atom. The molecule has 14 heteroatoms. The van der Waals surface area contributed by atoms with Crippen LogP contribution < -0.4 is 11.1 Å². The molecule has 0 amide bonds. The van der Waals surface area contributed by atoms with E-state index in [2.05, 4.69) is 32.1 Å². The molecular weight excluding hydrogens is 656 g/mol. The number of nitrogens with two attached hydrogens (primary N) is 1. The number of aliphatic hydroxyl groups is 2. The Hall–Kier alpha value is -3.95. The van der Waals surface area contributed by atoms with Gasteiger partial charge in [-0.25, -0.2) is 24.5 Å². The largest absolute Gasteiger partial charge is 0.462 e. The van der Waals surface area contributed by atoms with E-state index in [0.717, 1.165) is 25.9 Å². The van der Waals surface area contributed by atoms with Gasteiger partial charge in [-0.2, -0.15) is 0 Å². The van der Waals surface area contributed by atoms with Crippen LogP contribution in [0, 0.1) is 22.7 Å². The molecule has 7 rings (SSSR count). The number of nitrogens with zero attached hydrogens (tertiary/aromatic N) is 4. The van der Waals surface area contributed by atoms with E-state index >= 15 is 0 Å². The fraction of sp³-hybridized carbons (Fsp3) is 0.595. The van der Waals surface area contributed by atoms with Gasteiger partial charge in [0.15, 0.2) is 0 Å². The molecule has 274 valence electrons. The molecule has 51 heavy (non-hydrogen) atoms.